The monoisotopic (exact) mass is 265 g/mol. The fraction of sp³-hybridized carbons (Fsp3) is 0.615. The molecule has 0 aromatic carbocycles. The molecule has 1 aliphatic carbocycles. The van der Waals surface area contributed by atoms with Crippen LogP contribution in [-0.2, 0) is 4.74 Å². The maximum absolute atomic E-state index is 11.2. The molecule has 1 fully saturated rings. The predicted octanol–water partition coefficient (Wildman–Crippen LogP) is 1.37. The number of aliphatic hydroxyl groups excluding tert-OH is 1. The van der Waals surface area contributed by atoms with Crippen molar-refractivity contribution in [3.05, 3.63) is 17.8 Å². The molecule has 1 aromatic heterocycles. The molecule has 0 amide bonds. The van der Waals surface area contributed by atoms with E-state index in [0.29, 0.717) is 5.82 Å². The first-order valence-electron chi connectivity index (χ1n) is 6.57. The number of aromatic nitrogens is 2. The summed E-state index contributed by atoms with van der Waals surface area (Å²) >= 11 is 0. The zero-order chi connectivity index (χ0) is 13.7. The molecule has 1 aliphatic rings. The minimum absolute atomic E-state index is 0.000719. The Balaban J connectivity index is 2.00. The SMILES string of the molecule is COC(=O)c1ccc(NC2CCCCCC2O)nn1. The Bertz CT molecular complexity index is 422. The maximum Gasteiger partial charge on any atom is 0.358 e. The summed E-state index contributed by atoms with van der Waals surface area (Å²) in [4.78, 5) is 11.2. The minimum Gasteiger partial charge on any atom is -0.464 e. The first-order valence-corrected chi connectivity index (χ1v) is 6.57. The Kier molecular flexibility index (Phi) is 4.68. The number of nitrogens with one attached hydrogen (secondary N) is 1. The lowest BCUT2D eigenvalue weighted by Gasteiger charge is -2.21. The van der Waals surface area contributed by atoms with Gasteiger partial charge in [-0.2, -0.15) is 0 Å². The molecule has 0 radical (unpaired) electrons. The molecular formula is C13H19N3O3. The van der Waals surface area contributed by atoms with Gasteiger partial charge in [0.1, 0.15) is 5.82 Å². The number of hydrogen-bond acceptors (Lipinski definition) is 6. The topological polar surface area (TPSA) is 84.3 Å². The fourth-order valence-electron chi connectivity index (χ4n) is 2.27. The molecule has 1 aromatic rings. The lowest BCUT2D eigenvalue weighted by molar-refractivity contribution is 0.0592. The van der Waals surface area contributed by atoms with Gasteiger partial charge in [0.15, 0.2) is 5.69 Å². The zero-order valence-electron chi connectivity index (χ0n) is 11.0. The quantitative estimate of drug-likeness (QED) is 0.634. The van der Waals surface area contributed by atoms with Crippen LogP contribution in [0.2, 0.25) is 0 Å². The van der Waals surface area contributed by atoms with Crippen LogP contribution in [0.3, 0.4) is 0 Å². The van der Waals surface area contributed by atoms with Gasteiger partial charge < -0.3 is 15.2 Å². The standard InChI is InChI=1S/C13H19N3O3/c1-19-13(18)10-7-8-12(16-15-10)14-9-5-3-2-4-6-11(9)17/h7-9,11,17H,2-6H2,1H3,(H,14,16). The molecule has 6 heteroatoms. The van der Waals surface area contributed by atoms with Gasteiger partial charge in [0, 0.05) is 0 Å². The molecular weight excluding hydrogens is 246 g/mol. The van der Waals surface area contributed by atoms with Crippen LogP contribution in [0.25, 0.3) is 0 Å². The average molecular weight is 265 g/mol. The lowest BCUT2D eigenvalue weighted by atomic mass is 10.1. The third-order valence-electron chi connectivity index (χ3n) is 3.37. The Morgan fingerprint density at radius 2 is 2.11 bits per heavy atom. The summed E-state index contributed by atoms with van der Waals surface area (Å²) < 4.78 is 4.56. The van der Waals surface area contributed by atoms with Crippen LogP contribution in [0.4, 0.5) is 5.82 Å². The van der Waals surface area contributed by atoms with Crippen molar-refractivity contribution in [2.45, 2.75) is 44.2 Å². The van der Waals surface area contributed by atoms with Gasteiger partial charge in [-0.05, 0) is 25.0 Å². The molecule has 2 atom stereocenters. The molecule has 0 saturated heterocycles. The molecule has 1 saturated carbocycles. The number of carbonyl (C=O) groups is 1. The van der Waals surface area contributed by atoms with E-state index in [1.807, 2.05) is 0 Å². The summed E-state index contributed by atoms with van der Waals surface area (Å²) in [5.74, 6) is 0.0622. The van der Waals surface area contributed by atoms with E-state index in [9.17, 15) is 9.90 Å². The number of methoxy groups -OCH3 is 1. The van der Waals surface area contributed by atoms with Crippen molar-refractivity contribution in [3.63, 3.8) is 0 Å². The van der Waals surface area contributed by atoms with Gasteiger partial charge in [-0.3, -0.25) is 0 Å². The van der Waals surface area contributed by atoms with Crippen molar-refractivity contribution in [1.29, 1.82) is 0 Å². The predicted molar refractivity (Wildman–Crippen MR) is 69.9 cm³/mol. The molecule has 2 rings (SSSR count). The largest absolute Gasteiger partial charge is 0.464 e. The highest BCUT2D eigenvalue weighted by atomic mass is 16.5. The van der Waals surface area contributed by atoms with Crippen LogP contribution in [-0.4, -0.2) is 40.5 Å². The zero-order valence-corrected chi connectivity index (χ0v) is 11.0. The molecule has 2 unspecified atom stereocenters. The van der Waals surface area contributed by atoms with E-state index in [-0.39, 0.29) is 17.8 Å². The van der Waals surface area contributed by atoms with E-state index in [4.69, 9.17) is 0 Å². The number of anilines is 1. The highest BCUT2D eigenvalue weighted by Gasteiger charge is 2.21. The van der Waals surface area contributed by atoms with E-state index in [1.54, 1.807) is 12.1 Å². The second-order valence-electron chi connectivity index (χ2n) is 4.75. The molecule has 2 N–H and O–H groups in total. The number of ether oxygens (including phenoxy) is 1. The molecule has 0 bridgehead atoms. The van der Waals surface area contributed by atoms with Gasteiger partial charge in [0.25, 0.3) is 0 Å². The highest BCUT2D eigenvalue weighted by molar-refractivity contribution is 5.86. The van der Waals surface area contributed by atoms with E-state index in [0.717, 1.165) is 32.1 Å². The number of carbonyl (C=O) groups excluding carboxylic acids is 1. The lowest BCUT2D eigenvalue weighted by Crippen LogP contribution is -2.32. The summed E-state index contributed by atoms with van der Waals surface area (Å²) in [6, 6.07) is 3.24. The second kappa shape index (κ2) is 6.47. The maximum atomic E-state index is 11.2. The second-order valence-corrected chi connectivity index (χ2v) is 4.75. The summed E-state index contributed by atoms with van der Waals surface area (Å²) in [7, 11) is 1.30. The number of nitrogens with zero attached hydrogens (tertiary/aromatic N) is 2. The molecule has 104 valence electrons. The minimum atomic E-state index is -0.506. The van der Waals surface area contributed by atoms with Crippen molar-refractivity contribution in [3.8, 4) is 0 Å². The molecule has 0 aliphatic heterocycles. The fourth-order valence-corrected chi connectivity index (χ4v) is 2.27. The van der Waals surface area contributed by atoms with E-state index >= 15 is 0 Å². The van der Waals surface area contributed by atoms with Gasteiger partial charge in [-0.25, -0.2) is 4.79 Å². The number of hydrogen-bond donors (Lipinski definition) is 2. The number of aliphatic hydroxyl groups is 1. The van der Waals surface area contributed by atoms with Crippen LogP contribution < -0.4 is 5.32 Å². The van der Waals surface area contributed by atoms with Crippen molar-refractivity contribution in [1.82, 2.24) is 10.2 Å². The average Bonchev–Trinajstić information content (AvgIpc) is 2.64. The molecule has 1 heterocycles. The Morgan fingerprint density at radius 1 is 1.32 bits per heavy atom. The highest BCUT2D eigenvalue weighted by Crippen LogP contribution is 2.20. The van der Waals surface area contributed by atoms with Crippen LogP contribution in [0.1, 0.15) is 42.6 Å². The van der Waals surface area contributed by atoms with Crippen molar-refractivity contribution in [2.75, 3.05) is 12.4 Å². The van der Waals surface area contributed by atoms with Gasteiger partial charge in [0.05, 0.1) is 19.3 Å². The van der Waals surface area contributed by atoms with Crippen molar-refractivity contribution >= 4 is 11.8 Å². The third kappa shape index (κ3) is 3.64. The van der Waals surface area contributed by atoms with Gasteiger partial charge in [-0.15, -0.1) is 10.2 Å². The summed E-state index contributed by atoms with van der Waals surface area (Å²) in [5.41, 5.74) is 0.175. The van der Waals surface area contributed by atoms with Gasteiger partial charge in [0.2, 0.25) is 0 Å². The summed E-state index contributed by atoms with van der Waals surface area (Å²) in [5, 5.41) is 20.9. The van der Waals surface area contributed by atoms with E-state index in [2.05, 4.69) is 20.3 Å². The first-order chi connectivity index (χ1) is 9.20. The van der Waals surface area contributed by atoms with Crippen LogP contribution >= 0.6 is 0 Å². The Morgan fingerprint density at radius 3 is 2.79 bits per heavy atom. The van der Waals surface area contributed by atoms with Gasteiger partial charge in [-0.1, -0.05) is 19.3 Å². The third-order valence-corrected chi connectivity index (χ3v) is 3.37. The molecule has 19 heavy (non-hydrogen) atoms. The first kappa shape index (κ1) is 13.7. The number of rotatable bonds is 3. The Hall–Kier alpha value is -1.69. The van der Waals surface area contributed by atoms with Crippen LogP contribution in [0.15, 0.2) is 12.1 Å². The number of esters is 1. The normalized spacial score (nSPS) is 23.5. The van der Waals surface area contributed by atoms with Crippen molar-refractivity contribution in [2.24, 2.45) is 0 Å². The van der Waals surface area contributed by atoms with Crippen LogP contribution in [0.5, 0.6) is 0 Å². The Labute approximate surface area is 112 Å². The van der Waals surface area contributed by atoms with Crippen LogP contribution in [0, 0.1) is 0 Å². The molecule has 6 nitrogen and oxygen atoms in total. The van der Waals surface area contributed by atoms with E-state index < -0.39 is 5.97 Å². The summed E-state index contributed by atoms with van der Waals surface area (Å²) in [6.07, 6.45) is 4.69. The van der Waals surface area contributed by atoms with Gasteiger partial charge >= 0.3 is 5.97 Å². The van der Waals surface area contributed by atoms with Crippen molar-refractivity contribution < 1.29 is 14.6 Å². The molecule has 0 spiro atoms. The summed E-state index contributed by atoms with van der Waals surface area (Å²) in [6.45, 7) is 0. The van der Waals surface area contributed by atoms with E-state index in [1.165, 1.54) is 7.11 Å². The smallest absolute Gasteiger partial charge is 0.358 e.